The molecule has 0 bridgehead atoms. The Labute approximate surface area is 101 Å². The summed E-state index contributed by atoms with van der Waals surface area (Å²) >= 11 is 0. The smallest absolute Gasteiger partial charge is 0.126 e. The van der Waals surface area contributed by atoms with Gasteiger partial charge >= 0.3 is 0 Å². The molecule has 0 saturated carbocycles. The van der Waals surface area contributed by atoms with Gasteiger partial charge in [-0.3, -0.25) is 0 Å². The van der Waals surface area contributed by atoms with Crippen molar-refractivity contribution in [3.63, 3.8) is 0 Å². The van der Waals surface area contributed by atoms with Gasteiger partial charge in [-0.05, 0) is 27.7 Å². The molecule has 0 amide bonds. The van der Waals surface area contributed by atoms with Crippen LogP contribution in [0.3, 0.4) is 0 Å². The van der Waals surface area contributed by atoms with E-state index in [2.05, 4.69) is 11.8 Å². The molecule has 0 heterocycles. The van der Waals surface area contributed by atoms with E-state index in [9.17, 15) is 4.79 Å². The first-order valence-electron chi connectivity index (χ1n) is 5.45. The fourth-order valence-electron chi connectivity index (χ4n) is 0.385. The molecule has 90 valence electrons. The quantitative estimate of drug-likeness (QED) is 0.594. The monoisotopic (exact) mass is 220 g/mol. The predicted molar refractivity (Wildman–Crippen MR) is 73.3 cm³/mol. The summed E-state index contributed by atoms with van der Waals surface area (Å²) in [7, 11) is 0. The summed E-state index contributed by atoms with van der Waals surface area (Å²) in [6.07, 6.45) is 0. The largest absolute Gasteiger partial charge is 0.300 e. The average molecular weight is 220 g/mol. The number of hydrogen-bond donors (Lipinski definition) is 0. The van der Waals surface area contributed by atoms with Gasteiger partial charge in [0.15, 0.2) is 0 Å². The molecule has 0 aliphatic rings. The van der Waals surface area contributed by atoms with Crippen LogP contribution < -0.4 is 0 Å². The van der Waals surface area contributed by atoms with Crippen LogP contribution in [0, 0.1) is 11.8 Å². The number of rotatable bonds is 0. The molecule has 0 aliphatic carbocycles. The van der Waals surface area contributed by atoms with Gasteiger partial charge < -0.3 is 4.79 Å². The molecule has 0 N–H and O–H groups in total. The Morgan fingerprint density at radius 2 is 0.875 bits per heavy atom. The number of carbonyl (C=O) groups excluding carboxylic acids is 1. The minimum atomic E-state index is 0.167. The van der Waals surface area contributed by atoms with Gasteiger partial charge in [-0.1, -0.05) is 50.2 Å². The second-order valence-electron chi connectivity index (χ2n) is 2.56. The normalized spacial score (nSPS) is 5.88. The minimum absolute atomic E-state index is 0.167. The topological polar surface area (TPSA) is 17.1 Å². The number of ketones is 1. The van der Waals surface area contributed by atoms with Crippen LogP contribution in [0.1, 0.15) is 41.5 Å². The Balaban J connectivity index is -0.000000152. The summed E-state index contributed by atoms with van der Waals surface area (Å²) in [5, 5.41) is 0. The van der Waals surface area contributed by atoms with Crippen molar-refractivity contribution < 1.29 is 4.79 Å². The summed E-state index contributed by atoms with van der Waals surface area (Å²) in [5.41, 5.74) is 0. The molecule has 0 unspecified atom stereocenters. The number of benzene rings is 1. The average Bonchev–Trinajstić information content (AvgIpc) is 2.33. The van der Waals surface area contributed by atoms with Crippen molar-refractivity contribution in [2.24, 2.45) is 0 Å². The van der Waals surface area contributed by atoms with Gasteiger partial charge in [-0.2, -0.15) is 0 Å². The van der Waals surface area contributed by atoms with Gasteiger partial charge in [0.05, 0.1) is 0 Å². The maximum absolute atomic E-state index is 9.44. The Kier molecular flexibility index (Phi) is 29.1. The third-order valence-electron chi connectivity index (χ3n) is 0.917. The molecule has 1 nitrogen and oxygen atoms in total. The zero-order chi connectivity index (χ0) is 13.2. The lowest BCUT2D eigenvalue weighted by molar-refractivity contribution is -0.114. The van der Waals surface area contributed by atoms with Crippen molar-refractivity contribution in [1.29, 1.82) is 0 Å². The van der Waals surface area contributed by atoms with E-state index in [0.29, 0.717) is 0 Å². The van der Waals surface area contributed by atoms with Crippen LogP contribution in [0.2, 0.25) is 0 Å². The number of hydrogen-bond acceptors (Lipinski definition) is 1. The highest BCUT2D eigenvalue weighted by molar-refractivity contribution is 5.72. The summed E-state index contributed by atoms with van der Waals surface area (Å²) in [6.45, 7) is 10.7. The van der Waals surface area contributed by atoms with E-state index in [4.69, 9.17) is 0 Å². The Bertz CT molecular complexity index is 228. The van der Waals surface area contributed by atoms with E-state index in [1.165, 1.54) is 13.8 Å². The molecule has 1 rings (SSSR count). The van der Waals surface area contributed by atoms with Gasteiger partial charge in [0.25, 0.3) is 0 Å². The van der Waals surface area contributed by atoms with Crippen LogP contribution in [-0.2, 0) is 4.79 Å². The van der Waals surface area contributed by atoms with Crippen molar-refractivity contribution in [3.05, 3.63) is 36.4 Å². The molecule has 0 atom stereocenters. The summed E-state index contributed by atoms with van der Waals surface area (Å²) < 4.78 is 0. The predicted octanol–water partition coefficient (Wildman–Crippen LogP) is 4.34. The fraction of sp³-hybridized carbons (Fsp3) is 0.400. The van der Waals surface area contributed by atoms with Crippen LogP contribution in [-0.4, -0.2) is 5.78 Å². The maximum atomic E-state index is 9.44. The van der Waals surface area contributed by atoms with Crippen LogP contribution in [0.25, 0.3) is 0 Å². The molecule has 1 aromatic rings. The molecule has 0 fully saturated rings. The molecular weight excluding hydrogens is 196 g/mol. The second kappa shape index (κ2) is 23.3. The van der Waals surface area contributed by atoms with Crippen LogP contribution >= 0.6 is 0 Å². The maximum Gasteiger partial charge on any atom is 0.126 e. The SMILES string of the molecule is CC.CC#CC.CC(C)=O.c1ccccc1. The zero-order valence-electron chi connectivity index (χ0n) is 11.4. The highest BCUT2D eigenvalue weighted by atomic mass is 16.1. The first kappa shape index (κ1) is 19.9. The molecule has 0 saturated heterocycles. The summed E-state index contributed by atoms with van der Waals surface area (Å²) in [5.74, 6) is 5.53. The lowest BCUT2D eigenvalue weighted by atomic mass is 10.4. The zero-order valence-corrected chi connectivity index (χ0v) is 11.4. The van der Waals surface area contributed by atoms with Crippen LogP contribution in [0.15, 0.2) is 36.4 Å². The third-order valence-corrected chi connectivity index (χ3v) is 0.917. The lowest BCUT2D eigenvalue weighted by Gasteiger charge is -1.69. The van der Waals surface area contributed by atoms with E-state index >= 15 is 0 Å². The van der Waals surface area contributed by atoms with Crippen molar-refractivity contribution in [3.8, 4) is 11.8 Å². The first-order valence-corrected chi connectivity index (χ1v) is 5.45. The Morgan fingerprint density at radius 1 is 0.750 bits per heavy atom. The van der Waals surface area contributed by atoms with Crippen LogP contribution in [0.4, 0.5) is 0 Å². The van der Waals surface area contributed by atoms with Gasteiger partial charge in [-0.25, -0.2) is 0 Å². The number of carbonyl (C=O) groups is 1. The summed E-state index contributed by atoms with van der Waals surface area (Å²) in [6, 6.07) is 12.0. The van der Waals surface area contributed by atoms with Crippen molar-refractivity contribution in [1.82, 2.24) is 0 Å². The van der Waals surface area contributed by atoms with Crippen molar-refractivity contribution in [2.75, 3.05) is 0 Å². The van der Waals surface area contributed by atoms with Crippen molar-refractivity contribution in [2.45, 2.75) is 41.5 Å². The van der Waals surface area contributed by atoms with E-state index in [1.807, 2.05) is 64.1 Å². The molecule has 1 aromatic carbocycles. The van der Waals surface area contributed by atoms with E-state index in [1.54, 1.807) is 0 Å². The van der Waals surface area contributed by atoms with E-state index in [-0.39, 0.29) is 5.78 Å². The van der Waals surface area contributed by atoms with Gasteiger partial charge in [0.1, 0.15) is 5.78 Å². The fourth-order valence-corrected chi connectivity index (χ4v) is 0.385. The highest BCUT2D eigenvalue weighted by Crippen LogP contribution is 1.79. The van der Waals surface area contributed by atoms with Crippen molar-refractivity contribution >= 4 is 5.78 Å². The van der Waals surface area contributed by atoms with Crippen LogP contribution in [0.5, 0.6) is 0 Å². The van der Waals surface area contributed by atoms with E-state index < -0.39 is 0 Å². The van der Waals surface area contributed by atoms with Gasteiger partial charge in [0, 0.05) is 0 Å². The van der Waals surface area contributed by atoms with Gasteiger partial charge in [-0.15, -0.1) is 11.8 Å². The molecule has 0 radical (unpaired) electrons. The highest BCUT2D eigenvalue weighted by Gasteiger charge is 1.62. The molecular formula is C15H24O. The molecule has 0 spiro atoms. The molecule has 0 aromatic heterocycles. The minimum Gasteiger partial charge on any atom is -0.300 e. The van der Waals surface area contributed by atoms with E-state index in [0.717, 1.165) is 0 Å². The summed E-state index contributed by atoms with van der Waals surface area (Å²) in [4.78, 5) is 9.44. The Morgan fingerprint density at radius 3 is 0.938 bits per heavy atom. The third kappa shape index (κ3) is 55.0. The number of Topliss-reactive ketones (excluding diaryl/α,β-unsaturated/α-hetero) is 1. The standard InChI is InChI=1S/C6H6.C4H6.C3H6O.C2H6/c1-2-4-6-5-3-1;1-3-4-2;1-3(2)4;1-2/h1-6H;2*1-2H3;1-2H3. The lowest BCUT2D eigenvalue weighted by Crippen LogP contribution is -1.69. The molecule has 0 aliphatic heterocycles. The van der Waals surface area contributed by atoms with Gasteiger partial charge in [0.2, 0.25) is 0 Å². The molecule has 1 heteroatoms. The first-order chi connectivity index (χ1) is 7.65. The second-order valence-corrected chi connectivity index (χ2v) is 2.56. The Hall–Kier alpha value is -1.55. The molecule has 16 heavy (non-hydrogen) atoms.